The largest absolute Gasteiger partial charge is 0.478 e. The minimum atomic E-state index is -0.963. The third kappa shape index (κ3) is 3.78. The van der Waals surface area contributed by atoms with Crippen molar-refractivity contribution < 1.29 is 9.90 Å². The number of anilines is 1. The van der Waals surface area contributed by atoms with Gasteiger partial charge in [0.2, 0.25) is 0 Å². The molecule has 0 radical (unpaired) electrons. The molecule has 0 atom stereocenters. The van der Waals surface area contributed by atoms with Crippen LogP contribution in [0.5, 0.6) is 0 Å². The van der Waals surface area contributed by atoms with Crippen LogP contribution in [-0.2, 0) is 11.3 Å². The van der Waals surface area contributed by atoms with Crippen molar-refractivity contribution in [1.82, 2.24) is 9.97 Å². The Labute approximate surface area is 162 Å². The van der Waals surface area contributed by atoms with E-state index in [-0.39, 0.29) is 5.57 Å². The Balaban J connectivity index is 1.61. The van der Waals surface area contributed by atoms with Gasteiger partial charge in [0.15, 0.2) is 0 Å². The van der Waals surface area contributed by atoms with Crippen LogP contribution >= 0.6 is 0 Å². The van der Waals surface area contributed by atoms with Crippen molar-refractivity contribution in [1.29, 1.82) is 0 Å². The molecule has 0 spiro atoms. The van der Waals surface area contributed by atoms with Crippen molar-refractivity contribution in [3.63, 3.8) is 0 Å². The number of pyridine rings is 1. The van der Waals surface area contributed by atoms with Crippen molar-refractivity contribution in [3.8, 4) is 0 Å². The van der Waals surface area contributed by atoms with Crippen LogP contribution in [0.3, 0.4) is 0 Å². The van der Waals surface area contributed by atoms with Gasteiger partial charge in [0.1, 0.15) is 11.5 Å². The molecule has 0 fully saturated rings. The van der Waals surface area contributed by atoms with E-state index < -0.39 is 5.97 Å². The number of fused-ring (bicyclic) bond motifs is 1. The van der Waals surface area contributed by atoms with E-state index in [4.69, 9.17) is 0 Å². The van der Waals surface area contributed by atoms with Crippen molar-refractivity contribution in [2.45, 2.75) is 6.54 Å². The summed E-state index contributed by atoms with van der Waals surface area (Å²) in [6.07, 6.45) is 3.46. The highest BCUT2D eigenvalue weighted by atomic mass is 16.4. The predicted molar refractivity (Wildman–Crippen MR) is 112 cm³/mol. The molecule has 4 aromatic rings. The third-order valence-electron chi connectivity index (χ3n) is 4.50. The summed E-state index contributed by atoms with van der Waals surface area (Å²) in [6, 6.07) is 23.1. The molecule has 0 aliphatic heterocycles. The van der Waals surface area contributed by atoms with Gasteiger partial charge in [-0.15, -0.1) is 0 Å². The molecule has 4 rings (SSSR count). The molecule has 0 saturated heterocycles. The average Bonchev–Trinajstić information content (AvgIpc) is 3.13. The highest BCUT2D eigenvalue weighted by Gasteiger charge is 2.12. The Kier molecular flexibility index (Phi) is 4.89. The molecule has 3 N–H and O–H groups in total. The molecule has 5 nitrogen and oxygen atoms in total. The fourth-order valence-corrected chi connectivity index (χ4v) is 3.07. The molecule has 0 bridgehead atoms. The lowest BCUT2D eigenvalue weighted by Gasteiger charge is -2.06. The minimum Gasteiger partial charge on any atom is -0.478 e. The number of H-pyrrole nitrogens is 1. The fourth-order valence-electron chi connectivity index (χ4n) is 3.07. The predicted octanol–water partition coefficient (Wildman–Crippen LogP) is 4.80. The normalized spacial score (nSPS) is 11.5. The Bertz CT molecular complexity index is 1130. The molecule has 28 heavy (non-hydrogen) atoms. The monoisotopic (exact) mass is 369 g/mol. The number of rotatable bonds is 6. The number of carboxylic acids is 1. The number of carboxylic acid groups (broad SMARTS) is 1. The number of aliphatic carboxylic acids is 1. The van der Waals surface area contributed by atoms with Crippen LogP contribution in [0.15, 0.2) is 79.0 Å². The summed E-state index contributed by atoms with van der Waals surface area (Å²) in [6.45, 7) is 0.685. The quantitative estimate of drug-likeness (QED) is 0.427. The van der Waals surface area contributed by atoms with E-state index in [0.29, 0.717) is 17.8 Å². The summed E-state index contributed by atoms with van der Waals surface area (Å²) < 4.78 is 0. The first-order chi connectivity index (χ1) is 13.7. The number of carbonyl (C=O) groups is 1. The first kappa shape index (κ1) is 17.5. The maximum absolute atomic E-state index is 11.7. The van der Waals surface area contributed by atoms with Gasteiger partial charge in [0, 0.05) is 23.7 Å². The standard InChI is InChI=1S/C23H19N3O2/c27-23(28)20(17-9-5-2-6-10-17)13-18-15-25-22-19(18)11-12-21(26-22)24-14-16-7-3-1-4-8-16/h1-13,15H,14H2,(H,27,28)(H2,24,25,26). The molecule has 5 heteroatoms. The summed E-state index contributed by atoms with van der Waals surface area (Å²) in [5, 5.41) is 13.8. The Morgan fingerprint density at radius 2 is 1.71 bits per heavy atom. The lowest BCUT2D eigenvalue weighted by Crippen LogP contribution is -2.01. The van der Waals surface area contributed by atoms with Crippen LogP contribution < -0.4 is 5.32 Å². The van der Waals surface area contributed by atoms with E-state index in [1.165, 1.54) is 5.56 Å². The molecule has 2 heterocycles. The van der Waals surface area contributed by atoms with Gasteiger partial charge >= 0.3 is 5.97 Å². The van der Waals surface area contributed by atoms with Crippen molar-refractivity contribution >= 4 is 34.5 Å². The van der Waals surface area contributed by atoms with E-state index in [1.54, 1.807) is 24.4 Å². The smallest absolute Gasteiger partial charge is 0.336 e. The van der Waals surface area contributed by atoms with Crippen molar-refractivity contribution in [2.24, 2.45) is 0 Å². The van der Waals surface area contributed by atoms with Crippen LogP contribution in [0.1, 0.15) is 16.7 Å². The van der Waals surface area contributed by atoms with Crippen molar-refractivity contribution in [2.75, 3.05) is 5.32 Å². The van der Waals surface area contributed by atoms with E-state index in [2.05, 4.69) is 27.4 Å². The SMILES string of the molecule is O=C(O)C(=Cc1c[nH]c2nc(NCc3ccccc3)ccc12)c1ccccc1. The molecule has 0 saturated carbocycles. The number of benzene rings is 2. The topological polar surface area (TPSA) is 78.0 Å². The molecule has 2 aromatic carbocycles. The van der Waals surface area contributed by atoms with E-state index in [1.807, 2.05) is 48.5 Å². The molecule has 0 amide bonds. The second-order valence-corrected chi connectivity index (χ2v) is 6.41. The van der Waals surface area contributed by atoms with E-state index >= 15 is 0 Å². The molecule has 2 aromatic heterocycles. The number of aromatic amines is 1. The first-order valence-corrected chi connectivity index (χ1v) is 8.97. The highest BCUT2D eigenvalue weighted by molar-refractivity contribution is 6.21. The number of nitrogens with zero attached hydrogens (tertiary/aromatic N) is 1. The average molecular weight is 369 g/mol. The Hall–Kier alpha value is -3.86. The Morgan fingerprint density at radius 1 is 1.00 bits per heavy atom. The van der Waals surface area contributed by atoms with Gasteiger partial charge in [-0.1, -0.05) is 60.7 Å². The zero-order chi connectivity index (χ0) is 19.3. The minimum absolute atomic E-state index is 0.243. The summed E-state index contributed by atoms with van der Waals surface area (Å²) in [5.41, 5.74) is 3.58. The third-order valence-corrected chi connectivity index (χ3v) is 4.50. The molecular weight excluding hydrogens is 350 g/mol. The van der Waals surface area contributed by atoms with Gasteiger partial charge < -0.3 is 15.4 Å². The van der Waals surface area contributed by atoms with Crippen LogP contribution in [0.25, 0.3) is 22.7 Å². The Morgan fingerprint density at radius 3 is 2.43 bits per heavy atom. The second-order valence-electron chi connectivity index (χ2n) is 6.41. The maximum atomic E-state index is 11.7. The zero-order valence-electron chi connectivity index (χ0n) is 15.1. The summed E-state index contributed by atoms with van der Waals surface area (Å²) in [4.78, 5) is 19.5. The number of hydrogen-bond donors (Lipinski definition) is 3. The number of aromatic nitrogens is 2. The van der Waals surface area contributed by atoms with Gasteiger partial charge in [-0.3, -0.25) is 0 Å². The highest BCUT2D eigenvalue weighted by Crippen LogP contribution is 2.25. The molecule has 0 aliphatic carbocycles. The van der Waals surface area contributed by atoms with Crippen molar-refractivity contribution in [3.05, 3.63) is 95.7 Å². The van der Waals surface area contributed by atoms with Crippen LogP contribution in [-0.4, -0.2) is 21.0 Å². The molecule has 0 unspecified atom stereocenters. The van der Waals surface area contributed by atoms with Crippen LogP contribution in [0.2, 0.25) is 0 Å². The summed E-state index contributed by atoms with van der Waals surface area (Å²) in [7, 11) is 0. The van der Waals surface area contributed by atoms with Crippen LogP contribution in [0, 0.1) is 0 Å². The number of nitrogens with one attached hydrogen (secondary N) is 2. The lowest BCUT2D eigenvalue weighted by molar-refractivity contribution is -0.130. The maximum Gasteiger partial charge on any atom is 0.336 e. The van der Waals surface area contributed by atoms with Crippen LogP contribution in [0.4, 0.5) is 5.82 Å². The molecular formula is C23H19N3O2. The number of hydrogen-bond acceptors (Lipinski definition) is 3. The van der Waals surface area contributed by atoms with Gasteiger partial charge in [-0.2, -0.15) is 0 Å². The second kappa shape index (κ2) is 7.80. The fraction of sp³-hybridized carbons (Fsp3) is 0.0435. The molecule has 0 aliphatic rings. The van der Waals surface area contributed by atoms with Gasteiger partial charge in [0.25, 0.3) is 0 Å². The first-order valence-electron chi connectivity index (χ1n) is 8.97. The van der Waals surface area contributed by atoms with E-state index in [0.717, 1.165) is 16.8 Å². The molecule has 138 valence electrons. The summed E-state index contributed by atoms with van der Waals surface area (Å²) >= 11 is 0. The zero-order valence-corrected chi connectivity index (χ0v) is 15.1. The van der Waals surface area contributed by atoms with Gasteiger partial charge in [-0.05, 0) is 29.3 Å². The van der Waals surface area contributed by atoms with Gasteiger partial charge in [-0.25, -0.2) is 9.78 Å². The van der Waals surface area contributed by atoms with E-state index in [9.17, 15) is 9.90 Å². The lowest BCUT2D eigenvalue weighted by atomic mass is 10.0. The van der Waals surface area contributed by atoms with Gasteiger partial charge in [0.05, 0.1) is 5.57 Å². The summed E-state index contributed by atoms with van der Waals surface area (Å²) in [5.74, 6) is -0.204.